The molecule has 1 fully saturated rings. The first-order chi connectivity index (χ1) is 10.7. The number of methoxy groups -OCH3 is 1. The lowest BCUT2D eigenvalue weighted by molar-refractivity contribution is -0.135. The van der Waals surface area contributed by atoms with Gasteiger partial charge >= 0.3 is 0 Å². The molecule has 1 aliphatic rings. The molecule has 1 aromatic carbocycles. The molecule has 1 amide bonds. The molecular formula is C17H29Cl2N3O2. The van der Waals surface area contributed by atoms with E-state index < -0.39 is 0 Å². The topological polar surface area (TPSA) is 44.8 Å². The van der Waals surface area contributed by atoms with Gasteiger partial charge in [-0.1, -0.05) is 32.0 Å². The van der Waals surface area contributed by atoms with Gasteiger partial charge in [-0.3, -0.25) is 9.69 Å². The van der Waals surface area contributed by atoms with Crippen molar-refractivity contribution in [1.29, 1.82) is 0 Å². The zero-order valence-electron chi connectivity index (χ0n) is 14.7. The molecule has 0 bridgehead atoms. The van der Waals surface area contributed by atoms with E-state index in [4.69, 9.17) is 4.74 Å². The largest absolute Gasteiger partial charge is 0.496 e. The lowest BCUT2D eigenvalue weighted by Crippen LogP contribution is -2.51. The lowest BCUT2D eigenvalue weighted by Gasteiger charge is -2.38. The third-order valence-corrected chi connectivity index (χ3v) is 4.31. The van der Waals surface area contributed by atoms with Gasteiger partial charge in [0.25, 0.3) is 0 Å². The lowest BCUT2D eigenvalue weighted by atomic mass is 10.0. The van der Waals surface area contributed by atoms with Crippen LogP contribution in [0.5, 0.6) is 5.75 Å². The summed E-state index contributed by atoms with van der Waals surface area (Å²) >= 11 is 0. The molecular weight excluding hydrogens is 349 g/mol. The Morgan fingerprint density at radius 2 is 1.96 bits per heavy atom. The van der Waals surface area contributed by atoms with Crippen molar-refractivity contribution in [2.45, 2.75) is 19.9 Å². The van der Waals surface area contributed by atoms with Crippen molar-refractivity contribution in [3.63, 3.8) is 0 Å². The fraction of sp³-hybridized carbons (Fsp3) is 0.588. The molecule has 1 heterocycles. The summed E-state index contributed by atoms with van der Waals surface area (Å²) in [5.41, 5.74) is 1.07. The summed E-state index contributed by atoms with van der Waals surface area (Å²) in [5.74, 6) is 1.04. The Hall–Kier alpha value is -1.01. The quantitative estimate of drug-likeness (QED) is 0.826. The number of likely N-dealkylation sites (N-methyl/N-ethyl adjacent to an activating group) is 1. The maximum Gasteiger partial charge on any atom is 0.237 e. The summed E-state index contributed by atoms with van der Waals surface area (Å²) in [4.78, 5) is 16.9. The number of carbonyl (C=O) groups is 1. The number of halogens is 2. The first kappa shape index (κ1) is 23.0. The van der Waals surface area contributed by atoms with Crippen LogP contribution in [0.15, 0.2) is 24.3 Å². The second kappa shape index (κ2) is 11.5. The number of nitrogens with zero attached hydrogens (tertiary/aromatic N) is 2. The van der Waals surface area contributed by atoms with Crippen molar-refractivity contribution in [2.75, 3.05) is 46.4 Å². The van der Waals surface area contributed by atoms with Gasteiger partial charge in [0.2, 0.25) is 5.91 Å². The van der Waals surface area contributed by atoms with E-state index in [1.165, 1.54) is 0 Å². The van der Waals surface area contributed by atoms with Crippen LogP contribution in [0.25, 0.3) is 0 Å². The van der Waals surface area contributed by atoms with Crippen molar-refractivity contribution < 1.29 is 9.53 Å². The Morgan fingerprint density at radius 1 is 1.29 bits per heavy atom. The zero-order valence-corrected chi connectivity index (χ0v) is 16.3. The summed E-state index contributed by atoms with van der Waals surface area (Å²) in [7, 11) is 1.68. The molecule has 7 heteroatoms. The summed E-state index contributed by atoms with van der Waals surface area (Å²) in [6.45, 7) is 8.81. The van der Waals surface area contributed by atoms with Gasteiger partial charge in [0.1, 0.15) is 5.75 Å². The number of ether oxygens (including phenoxy) is 1. The molecule has 1 atom stereocenters. The molecule has 0 spiro atoms. The molecule has 1 aromatic rings. The van der Waals surface area contributed by atoms with Gasteiger partial charge < -0.3 is 15.0 Å². The Morgan fingerprint density at radius 3 is 2.58 bits per heavy atom. The van der Waals surface area contributed by atoms with Gasteiger partial charge in [0.15, 0.2) is 0 Å². The average molecular weight is 378 g/mol. The van der Waals surface area contributed by atoms with Crippen LogP contribution in [0.3, 0.4) is 0 Å². The molecule has 2 rings (SSSR count). The molecule has 1 N–H and O–H groups in total. The van der Waals surface area contributed by atoms with Gasteiger partial charge in [0, 0.05) is 25.2 Å². The van der Waals surface area contributed by atoms with E-state index in [1.807, 2.05) is 29.2 Å². The van der Waals surface area contributed by atoms with Crippen molar-refractivity contribution in [2.24, 2.45) is 0 Å². The Labute approximate surface area is 157 Å². The van der Waals surface area contributed by atoms with Crippen LogP contribution in [-0.4, -0.2) is 62.1 Å². The predicted molar refractivity (Wildman–Crippen MR) is 103 cm³/mol. The number of piperazine rings is 1. The highest BCUT2D eigenvalue weighted by Crippen LogP contribution is 2.30. The number of amides is 1. The van der Waals surface area contributed by atoms with E-state index in [0.29, 0.717) is 6.54 Å². The minimum atomic E-state index is 0. The van der Waals surface area contributed by atoms with E-state index in [9.17, 15) is 4.79 Å². The fourth-order valence-electron chi connectivity index (χ4n) is 2.95. The maximum atomic E-state index is 12.7. The predicted octanol–water partition coefficient (Wildman–Crippen LogP) is 2.35. The van der Waals surface area contributed by atoms with E-state index in [0.717, 1.165) is 44.0 Å². The van der Waals surface area contributed by atoms with Crippen LogP contribution in [-0.2, 0) is 4.79 Å². The van der Waals surface area contributed by atoms with Crippen LogP contribution in [0.1, 0.15) is 25.5 Å². The van der Waals surface area contributed by atoms with Crippen LogP contribution in [0.4, 0.5) is 0 Å². The first-order valence-electron chi connectivity index (χ1n) is 8.06. The van der Waals surface area contributed by atoms with Crippen LogP contribution >= 0.6 is 24.8 Å². The van der Waals surface area contributed by atoms with Crippen molar-refractivity contribution >= 4 is 30.7 Å². The Kier molecular flexibility index (Phi) is 11.0. The Balaban J connectivity index is 0.00000264. The highest BCUT2D eigenvalue weighted by Gasteiger charge is 2.30. The minimum absolute atomic E-state index is 0. The van der Waals surface area contributed by atoms with Crippen molar-refractivity contribution in [3.8, 4) is 5.75 Å². The van der Waals surface area contributed by atoms with Gasteiger partial charge in [-0.15, -0.1) is 24.8 Å². The molecule has 0 saturated carbocycles. The van der Waals surface area contributed by atoms with Gasteiger partial charge in [-0.05, 0) is 19.2 Å². The third kappa shape index (κ3) is 5.52. The molecule has 138 valence electrons. The van der Waals surface area contributed by atoms with Gasteiger partial charge in [-0.25, -0.2) is 0 Å². The molecule has 0 aromatic heterocycles. The summed E-state index contributed by atoms with van der Waals surface area (Å²) in [6, 6.07) is 8.00. The molecule has 1 aliphatic heterocycles. The normalized spacial score (nSPS) is 17.0. The number of rotatable bonds is 6. The number of benzene rings is 1. The monoisotopic (exact) mass is 377 g/mol. The number of para-hydroxylation sites is 1. The smallest absolute Gasteiger partial charge is 0.237 e. The van der Waals surface area contributed by atoms with Gasteiger partial charge in [0.05, 0.1) is 19.7 Å². The van der Waals surface area contributed by atoms with E-state index in [2.05, 4.69) is 24.1 Å². The molecule has 0 aliphatic carbocycles. The summed E-state index contributed by atoms with van der Waals surface area (Å²) < 4.78 is 5.47. The second-order valence-corrected chi connectivity index (χ2v) is 5.51. The van der Waals surface area contributed by atoms with Crippen LogP contribution in [0.2, 0.25) is 0 Å². The van der Waals surface area contributed by atoms with Crippen molar-refractivity contribution in [3.05, 3.63) is 29.8 Å². The zero-order chi connectivity index (χ0) is 15.9. The fourth-order valence-corrected chi connectivity index (χ4v) is 2.95. The highest BCUT2D eigenvalue weighted by atomic mass is 35.5. The van der Waals surface area contributed by atoms with Crippen molar-refractivity contribution in [1.82, 2.24) is 15.1 Å². The standard InChI is InChI=1S/C17H27N3O2.2ClH/c1-4-19(5-2)13-17(21)20-11-10-18-12-15(20)14-8-6-7-9-16(14)22-3;;/h6-9,15,18H,4-5,10-13H2,1-3H3;2*1H. The minimum Gasteiger partial charge on any atom is -0.496 e. The number of carbonyl (C=O) groups excluding carboxylic acids is 1. The summed E-state index contributed by atoms with van der Waals surface area (Å²) in [6.07, 6.45) is 0. The number of hydrogen-bond donors (Lipinski definition) is 1. The van der Waals surface area contributed by atoms with E-state index in [-0.39, 0.29) is 36.8 Å². The van der Waals surface area contributed by atoms with E-state index >= 15 is 0 Å². The molecule has 5 nitrogen and oxygen atoms in total. The SMILES string of the molecule is CCN(CC)CC(=O)N1CCNCC1c1ccccc1OC.Cl.Cl. The first-order valence-corrected chi connectivity index (χ1v) is 8.06. The molecule has 1 saturated heterocycles. The number of nitrogens with one attached hydrogen (secondary N) is 1. The van der Waals surface area contributed by atoms with E-state index in [1.54, 1.807) is 7.11 Å². The highest BCUT2D eigenvalue weighted by molar-refractivity contribution is 5.85. The Bertz CT molecular complexity index is 498. The summed E-state index contributed by atoms with van der Waals surface area (Å²) in [5, 5.41) is 3.39. The average Bonchev–Trinajstić information content (AvgIpc) is 2.59. The third-order valence-electron chi connectivity index (χ3n) is 4.31. The molecule has 1 unspecified atom stereocenters. The maximum absolute atomic E-state index is 12.7. The second-order valence-electron chi connectivity index (χ2n) is 5.51. The van der Waals surface area contributed by atoms with Crippen LogP contribution in [0, 0.1) is 0 Å². The molecule has 24 heavy (non-hydrogen) atoms. The van der Waals surface area contributed by atoms with Gasteiger partial charge in [-0.2, -0.15) is 0 Å². The molecule has 0 radical (unpaired) electrons. The number of hydrogen-bond acceptors (Lipinski definition) is 4. The van der Waals surface area contributed by atoms with Crippen LogP contribution < -0.4 is 10.1 Å².